The number of amides is 1. The molecule has 1 aromatic carbocycles. The first-order valence-corrected chi connectivity index (χ1v) is 10.2. The van der Waals surface area contributed by atoms with Gasteiger partial charge in [0.05, 0.1) is 25.1 Å². The Morgan fingerprint density at radius 1 is 1.07 bits per heavy atom. The fourth-order valence-corrected chi connectivity index (χ4v) is 4.11. The van der Waals surface area contributed by atoms with Crippen LogP contribution in [0.25, 0.3) is 5.65 Å². The van der Waals surface area contributed by atoms with E-state index in [1.165, 1.54) is 0 Å². The van der Waals surface area contributed by atoms with Crippen LogP contribution < -0.4 is 4.90 Å². The maximum atomic E-state index is 12.8. The lowest BCUT2D eigenvalue weighted by Gasteiger charge is -2.28. The van der Waals surface area contributed by atoms with Crippen molar-refractivity contribution in [1.82, 2.24) is 19.5 Å². The van der Waals surface area contributed by atoms with Gasteiger partial charge in [-0.05, 0) is 37.6 Å². The lowest BCUT2D eigenvalue weighted by atomic mass is 10.1. The number of anilines is 1. The van der Waals surface area contributed by atoms with Crippen LogP contribution in [-0.4, -0.2) is 64.8 Å². The first kappa shape index (κ1) is 18.1. The summed E-state index contributed by atoms with van der Waals surface area (Å²) in [6.45, 7) is 6.74. The Kier molecular flexibility index (Phi) is 4.67. The first-order valence-electron chi connectivity index (χ1n) is 10.2. The van der Waals surface area contributed by atoms with Gasteiger partial charge in [0.2, 0.25) is 0 Å². The minimum Gasteiger partial charge on any atom is -0.378 e. The number of aryl methyl sites for hydroxylation is 1. The topological polar surface area (TPSA) is 63.0 Å². The van der Waals surface area contributed by atoms with Crippen molar-refractivity contribution >= 4 is 17.2 Å². The minimum atomic E-state index is 0.0888. The third-order valence-corrected chi connectivity index (χ3v) is 5.85. The summed E-state index contributed by atoms with van der Waals surface area (Å²) in [6, 6.07) is 11.9. The van der Waals surface area contributed by atoms with Gasteiger partial charge in [0.25, 0.3) is 5.91 Å². The molecule has 2 aliphatic rings. The van der Waals surface area contributed by atoms with Crippen LogP contribution in [0.4, 0.5) is 5.69 Å². The Hall–Kier alpha value is -2.93. The highest BCUT2D eigenvalue weighted by molar-refractivity contribution is 5.94. The number of morpholine rings is 1. The highest BCUT2D eigenvalue weighted by Crippen LogP contribution is 2.27. The molecule has 4 heterocycles. The van der Waals surface area contributed by atoms with E-state index in [1.54, 1.807) is 0 Å². The molecule has 2 fully saturated rings. The lowest BCUT2D eigenvalue weighted by molar-refractivity contribution is 0.0790. The summed E-state index contributed by atoms with van der Waals surface area (Å²) in [5.74, 6) is 1.09. The molecule has 0 unspecified atom stereocenters. The number of carbonyl (C=O) groups excluding carboxylic acids is 1. The van der Waals surface area contributed by atoms with E-state index in [9.17, 15) is 4.79 Å². The Bertz CT molecular complexity index is 1020. The van der Waals surface area contributed by atoms with Gasteiger partial charge in [-0.2, -0.15) is 5.10 Å². The zero-order valence-electron chi connectivity index (χ0n) is 16.6. The van der Waals surface area contributed by atoms with Crippen LogP contribution in [0.1, 0.15) is 34.1 Å². The number of hydrogen-bond acceptors (Lipinski definition) is 5. The summed E-state index contributed by atoms with van der Waals surface area (Å²) >= 11 is 0. The van der Waals surface area contributed by atoms with E-state index >= 15 is 0 Å². The van der Waals surface area contributed by atoms with Gasteiger partial charge in [-0.3, -0.25) is 4.79 Å². The maximum absolute atomic E-state index is 12.8. The van der Waals surface area contributed by atoms with Crippen LogP contribution in [0.3, 0.4) is 0 Å². The van der Waals surface area contributed by atoms with Crippen molar-refractivity contribution in [3.8, 4) is 0 Å². The van der Waals surface area contributed by atoms with Gasteiger partial charge in [0.15, 0.2) is 11.5 Å². The normalized spacial score (nSPS) is 19.8. The third kappa shape index (κ3) is 3.58. The number of nitrogens with zero attached hydrogens (tertiary/aromatic N) is 5. The fourth-order valence-electron chi connectivity index (χ4n) is 4.11. The molecule has 150 valence electrons. The second kappa shape index (κ2) is 7.48. The van der Waals surface area contributed by atoms with E-state index in [-0.39, 0.29) is 11.8 Å². The average molecular weight is 391 g/mol. The van der Waals surface area contributed by atoms with Gasteiger partial charge >= 0.3 is 0 Å². The summed E-state index contributed by atoms with van der Waals surface area (Å²) in [5.41, 5.74) is 3.89. The molecule has 2 aliphatic heterocycles. The number of likely N-dealkylation sites (tertiary alicyclic amines) is 1. The monoisotopic (exact) mass is 391 g/mol. The van der Waals surface area contributed by atoms with Crippen molar-refractivity contribution in [2.45, 2.75) is 19.3 Å². The number of aromatic nitrogens is 3. The second-order valence-corrected chi connectivity index (χ2v) is 7.86. The maximum Gasteiger partial charge on any atom is 0.253 e. The molecule has 3 aromatic rings. The van der Waals surface area contributed by atoms with E-state index in [0.29, 0.717) is 6.54 Å². The summed E-state index contributed by atoms with van der Waals surface area (Å²) < 4.78 is 7.30. The Morgan fingerprint density at radius 2 is 1.86 bits per heavy atom. The SMILES string of the molecule is Cc1ccc(C(=O)N2CC[C@@H](c3nc4ccc(N5CCOCC5)cn4n3)C2)cc1. The molecule has 0 spiro atoms. The molecular formula is C22H25N5O2. The molecule has 0 saturated carbocycles. The molecule has 29 heavy (non-hydrogen) atoms. The zero-order chi connectivity index (χ0) is 19.8. The molecular weight excluding hydrogens is 366 g/mol. The number of carbonyl (C=O) groups is 1. The van der Waals surface area contributed by atoms with Gasteiger partial charge in [-0.15, -0.1) is 0 Å². The standard InChI is InChI=1S/C22H25N5O2/c1-16-2-4-17(5-3-16)22(28)26-9-8-18(14-26)21-23-20-7-6-19(15-27(20)24-21)25-10-12-29-13-11-25/h2-7,15,18H,8-14H2,1H3/t18-/m1/s1. The van der Waals surface area contributed by atoms with Crippen LogP contribution in [0.5, 0.6) is 0 Å². The van der Waals surface area contributed by atoms with Crippen molar-refractivity contribution in [3.05, 3.63) is 59.5 Å². The summed E-state index contributed by atoms with van der Waals surface area (Å²) in [4.78, 5) is 21.7. The molecule has 1 atom stereocenters. The smallest absolute Gasteiger partial charge is 0.253 e. The van der Waals surface area contributed by atoms with Gasteiger partial charge in [0.1, 0.15) is 0 Å². The third-order valence-electron chi connectivity index (χ3n) is 5.85. The number of rotatable bonds is 3. The molecule has 1 amide bonds. The quantitative estimate of drug-likeness (QED) is 0.687. The van der Waals surface area contributed by atoms with Crippen LogP contribution >= 0.6 is 0 Å². The van der Waals surface area contributed by atoms with Gasteiger partial charge < -0.3 is 14.5 Å². The summed E-state index contributed by atoms with van der Waals surface area (Å²) in [5, 5.41) is 4.74. The second-order valence-electron chi connectivity index (χ2n) is 7.86. The predicted molar refractivity (Wildman–Crippen MR) is 110 cm³/mol. The molecule has 7 heteroatoms. The number of benzene rings is 1. The molecule has 0 radical (unpaired) electrons. The van der Waals surface area contributed by atoms with Crippen molar-refractivity contribution in [1.29, 1.82) is 0 Å². The van der Waals surface area contributed by atoms with Gasteiger partial charge in [-0.25, -0.2) is 9.50 Å². The number of fused-ring (bicyclic) bond motifs is 1. The van der Waals surface area contributed by atoms with E-state index in [4.69, 9.17) is 14.8 Å². The first-order chi connectivity index (χ1) is 14.2. The molecule has 7 nitrogen and oxygen atoms in total. The molecule has 0 N–H and O–H groups in total. The van der Waals surface area contributed by atoms with Gasteiger partial charge in [0, 0.05) is 37.7 Å². The predicted octanol–water partition coefficient (Wildman–Crippen LogP) is 2.50. The van der Waals surface area contributed by atoms with Crippen LogP contribution in [0, 0.1) is 6.92 Å². The van der Waals surface area contributed by atoms with Crippen LogP contribution in [0.2, 0.25) is 0 Å². The highest BCUT2D eigenvalue weighted by atomic mass is 16.5. The van der Waals surface area contributed by atoms with Crippen molar-refractivity contribution < 1.29 is 9.53 Å². The highest BCUT2D eigenvalue weighted by Gasteiger charge is 2.30. The number of hydrogen-bond donors (Lipinski definition) is 0. The largest absolute Gasteiger partial charge is 0.378 e. The fraction of sp³-hybridized carbons (Fsp3) is 0.409. The van der Waals surface area contributed by atoms with Crippen molar-refractivity contribution in [3.63, 3.8) is 0 Å². The summed E-state index contributed by atoms with van der Waals surface area (Å²) in [6.07, 6.45) is 2.94. The number of ether oxygens (including phenoxy) is 1. The Balaban J connectivity index is 1.32. The van der Waals surface area contributed by atoms with Gasteiger partial charge in [-0.1, -0.05) is 17.7 Å². The zero-order valence-corrected chi connectivity index (χ0v) is 16.6. The Labute approximate surface area is 169 Å². The summed E-state index contributed by atoms with van der Waals surface area (Å²) in [7, 11) is 0. The average Bonchev–Trinajstić information content (AvgIpc) is 3.41. The van der Waals surface area contributed by atoms with E-state index in [1.807, 2.05) is 52.9 Å². The minimum absolute atomic E-state index is 0.0888. The molecule has 0 aliphatic carbocycles. The lowest BCUT2D eigenvalue weighted by Crippen LogP contribution is -2.36. The number of pyridine rings is 1. The van der Waals surface area contributed by atoms with E-state index in [0.717, 1.165) is 67.6 Å². The molecule has 5 rings (SSSR count). The Morgan fingerprint density at radius 3 is 2.66 bits per heavy atom. The molecule has 2 aromatic heterocycles. The van der Waals surface area contributed by atoms with Crippen LogP contribution in [0.15, 0.2) is 42.6 Å². The molecule has 2 saturated heterocycles. The van der Waals surface area contributed by atoms with Crippen molar-refractivity contribution in [2.75, 3.05) is 44.3 Å². The molecule has 0 bridgehead atoms. The van der Waals surface area contributed by atoms with E-state index in [2.05, 4.69) is 11.0 Å². The van der Waals surface area contributed by atoms with Crippen molar-refractivity contribution in [2.24, 2.45) is 0 Å². The van der Waals surface area contributed by atoms with Crippen LogP contribution in [-0.2, 0) is 4.74 Å². The van der Waals surface area contributed by atoms with E-state index < -0.39 is 0 Å².